The average Bonchev–Trinajstić information content (AvgIpc) is 2.86. The molecule has 0 N–H and O–H groups in total. The van der Waals surface area contributed by atoms with Crippen molar-refractivity contribution in [3.05, 3.63) is 71.5 Å². The number of carbonyl (C=O) groups excluding carboxylic acids is 1. The Hall–Kier alpha value is -2.04. The molecule has 1 heterocycles. The van der Waals surface area contributed by atoms with Gasteiger partial charge in [0.25, 0.3) is 0 Å². The SMILES string of the molecule is C[C@@]1(C=O)C[C@@H](c2ccccc2F)N(Cc2ccccc2)O1. The topological polar surface area (TPSA) is 29.5 Å². The molecule has 0 bridgehead atoms. The Balaban J connectivity index is 1.91. The van der Waals surface area contributed by atoms with Crippen LogP contribution in [0.4, 0.5) is 4.39 Å². The normalized spacial score (nSPS) is 25.3. The Morgan fingerprint density at radius 1 is 1.23 bits per heavy atom. The minimum atomic E-state index is -0.915. The second-order valence-electron chi connectivity index (χ2n) is 5.82. The highest BCUT2D eigenvalue weighted by atomic mass is 19.1. The van der Waals surface area contributed by atoms with Crippen LogP contribution in [0.15, 0.2) is 54.6 Å². The van der Waals surface area contributed by atoms with Crippen molar-refractivity contribution in [2.45, 2.75) is 31.5 Å². The summed E-state index contributed by atoms with van der Waals surface area (Å²) in [5, 5.41) is 1.71. The molecule has 2 atom stereocenters. The predicted octanol–water partition coefficient (Wildman–Crippen LogP) is 3.66. The van der Waals surface area contributed by atoms with E-state index in [1.54, 1.807) is 30.2 Å². The van der Waals surface area contributed by atoms with Crippen molar-refractivity contribution >= 4 is 6.29 Å². The lowest BCUT2D eigenvalue weighted by Crippen LogP contribution is -2.28. The van der Waals surface area contributed by atoms with Crippen molar-refractivity contribution in [3.63, 3.8) is 0 Å². The summed E-state index contributed by atoms with van der Waals surface area (Å²) in [4.78, 5) is 17.2. The van der Waals surface area contributed by atoms with Gasteiger partial charge in [-0.05, 0) is 18.6 Å². The fraction of sp³-hybridized carbons (Fsp3) is 0.278. The molecule has 3 nitrogen and oxygen atoms in total. The van der Waals surface area contributed by atoms with Crippen molar-refractivity contribution in [2.75, 3.05) is 0 Å². The zero-order chi connectivity index (χ0) is 15.6. The van der Waals surface area contributed by atoms with Gasteiger partial charge in [0, 0.05) is 18.5 Å². The van der Waals surface area contributed by atoms with Crippen LogP contribution in [0.1, 0.15) is 30.5 Å². The van der Waals surface area contributed by atoms with E-state index in [0.29, 0.717) is 18.5 Å². The van der Waals surface area contributed by atoms with Crippen LogP contribution in [0, 0.1) is 5.82 Å². The summed E-state index contributed by atoms with van der Waals surface area (Å²) in [6.07, 6.45) is 1.23. The monoisotopic (exact) mass is 299 g/mol. The molecule has 4 heteroatoms. The number of rotatable bonds is 4. The summed E-state index contributed by atoms with van der Waals surface area (Å²) in [5.41, 5.74) is 0.699. The van der Waals surface area contributed by atoms with Gasteiger partial charge in [0.1, 0.15) is 11.4 Å². The van der Waals surface area contributed by atoms with Crippen LogP contribution in [-0.4, -0.2) is 17.0 Å². The maximum absolute atomic E-state index is 14.1. The third kappa shape index (κ3) is 2.93. The fourth-order valence-electron chi connectivity index (χ4n) is 2.84. The fourth-order valence-corrected chi connectivity index (χ4v) is 2.84. The molecule has 1 aliphatic heterocycles. The lowest BCUT2D eigenvalue weighted by molar-refractivity contribution is -0.200. The minimum Gasteiger partial charge on any atom is -0.300 e. The molecule has 3 rings (SSSR count). The van der Waals surface area contributed by atoms with Crippen LogP contribution >= 0.6 is 0 Å². The smallest absolute Gasteiger partial charge is 0.153 e. The van der Waals surface area contributed by atoms with Gasteiger partial charge < -0.3 is 4.79 Å². The van der Waals surface area contributed by atoms with E-state index in [2.05, 4.69) is 0 Å². The highest BCUT2D eigenvalue weighted by molar-refractivity contribution is 5.62. The predicted molar refractivity (Wildman–Crippen MR) is 81.3 cm³/mol. The molecule has 0 aromatic heterocycles. The van der Waals surface area contributed by atoms with Crippen LogP contribution in [0.25, 0.3) is 0 Å². The summed E-state index contributed by atoms with van der Waals surface area (Å²) in [6, 6.07) is 16.2. The summed E-state index contributed by atoms with van der Waals surface area (Å²) in [6.45, 7) is 2.24. The Morgan fingerprint density at radius 3 is 2.59 bits per heavy atom. The van der Waals surface area contributed by atoms with E-state index in [9.17, 15) is 9.18 Å². The van der Waals surface area contributed by atoms with Crippen LogP contribution in [0.3, 0.4) is 0 Å². The van der Waals surface area contributed by atoms with Gasteiger partial charge in [-0.15, -0.1) is 0 Å². The van der Waals surface area contributed by atoms with Gasteiger partial charge in [-0.25, -0.2) is 4.39 Å². The minimum absolute atomic E-state index is 0.274. The second-order valence-corrected chi connectivity index (χ2v) is 5.82. The molecule has 2 aromatic carbocycles. The first-order valence-electron chi connectivity index (χ1n) is 7.32. The molecule has 0 aliphatic carbocycles. The molecule has 0 amide bonds. The third-order valence-electron chi connectivity index (χ3n) is 3.97. The highest BCUT2D eigenvalue weighted by Crippen LogP contribution is 2.40. The number of nitrogens with zero attached hydrogens (tertiary/aromatic N) is 1. The molecule has 0 unspecified atom stereocenters. The summed E-state index contributed by atoms with van der Waals surface area (Å²) in [5.74, 6) is -0.274. The van der Waals surface area contributed by atoms with Gasteiger partial charge in [-0.3, -0.25) is 4.84 Å². The number of benzene rings is 2. The van der Waals surface area contributed by atoms with Gasteiger partial charge >= 0.3 is 0 Å². The van der Waals surface area contributed by atoms with Gasteiger partial charge in [-0.1, -0.05) is 48.5 Å². The number of aldehydes is 1. The van der Waals surface area contributed by atoms with Crippen LogP contribution in [0.2, 0.25) is 0 Å². The van der Waals surface area contributed by atoms with Gasteiger partial charge in [0.05, 0.1) is 6.04 Å². The van der Waals surface area contributed by atoms with Gasteiger partial charge in [0.15, 0.2) is 6.29 Å². The summed E-state index contributed by atoms with van der Waals surface area (Å²) >= 11 is 0. The summed E-state index contributed by atoms with van der Waals surface area (Å²) in [7, 11) is 0. The first-order valence-corrected chi connectivity index (χ1v) is 7.32. The Morgan fingerprint density at radius 2 is 1.91 bits per heavy atom. The van der Waals surface area contributed by atoms with Crippen molar-refractivity contribution in [1.82, 2.24) is 5.06 Å². The van der Waals surface area contributed by atoms with Gasteiger partial charge in [0.2, 0.25) is 0 Å². The van der Waals surface area contributed by atoms with Crippen LogP contribution in [0.5, 0.6) is 0 Å². The maximum atomic E-state index is 14.1. The molecule has 114 valence electrons. The highest BCUT2D eigenvalue weighted by Gasteiger charge is 2.43. The Labute approximate surface area is 129 Å². The van der Waals surface area contributed by atoms with Crippen molar-refractivity contribution < 1.29 is 14.0 Å². The van der Waals surface area contributed by atoms with Crippen LogP contribution in [-0.2, 0) is 16.2 Å². The molecule has 0 saturated carbocycles. The van der Waals surface area contributed by atoms with E-state index in [4.69, 9.17) is 4.84 Å². The maximum Gasteiger partial charge on any atom is 0.153 e. The van der Waals surface area contributed by atoms with E-state index in [1.165, 1.54) is 6.07 Å². The van der Waals surface area contributed by atoms with E-state index < -0.39 is 5.60 Å². The van der Waals surface area contributed by atoms with Crippen molar-refractivity contribution in [1.29, 1.82) is 0 Å². The number of hydrogen-bond acceptors (Lipinski definition) is 3. The van der Waals surface area contributed by atoms with E-state index in [1.807, 2.05) is 30.3 Å². The van der Waals surface area contributed by atoms with Crippen molar-refractivity contribution in [3.8, 4) is 0 Å². The molecule has 22 heavy (non-hydrogen) atoms. The van der Waals surface area contributed by atoms with Crippen molar-refractivity contribution in [2.24, 2.45) is 0 Å². The quantitative estimate of drug-likeness (QED) is 0.807. The zero-order valence-corrected chi connectivity index (χ0v) is 12.4. The number of halogens is 1. The standard InChI is InChI=1S/C18H18FNO2/c1-18(13-21)11-17(15-9-5-6-10-16(15)19)20(22-18)12-14-7-3-2-4-8-14/h2-10,13,17H,11-12H2,1H3/t17-,18-/m0/s1. The number of carbonyl (C=O) groups is 1. The zero-order valence-electron chi connectivity index (χ0n) is 12.4. The van der Waals surface area contributed by atoms with E-state index in [0.717, 1.165) is 11.8 Å². The van der Waals surface area contributed by atoms with E-state index in [-0.39, 0.29) is 11.9 Å². The van der Waals surface area contributed by atoms with Gasteiger partial charge in [-0.2, -0.15) is 5.06 Å². The van der Waals surface area contributed by atoms with Crippen LogP contribution < -0.4 is 0 Å². The van der Waals surface area contributed by atoms with E-state index >= 15 is 0 Å². The lowest BCUT2D eigenvalue weighted by atomic mass is 9.94. The second kappa shape index (κ2) is 5.99. The molecule has 1 fully saturated rings. The average molecular weight is 299 g/mol. The largest absolute Gasteiger partial charge is 0.300 e. The Kier molecular flexibility index (Phi) is 4.05. The number of hydrogen-bond donors (Lipinski definition) is 0. The molecule has 0 radical (unpaired) electrons. The molecule has 1 aliphatic rings. The molecular weight excluding hydrogens is 281 g/mol. The third-order valence-corrected chi connectivity index (χ3v) is 3.97. The first-order chi connectivity index (χ1) is 10.6. The lowest BCUT2D eigenvalue weighted by Gasteiger charge is -2.23. The molecule has 0 spiro atoms. The Bertz CT molecular complexity index is 661. The summed E-state index contributed by atoms with van der Waals surface area (Å²) < 4.78 is 14.1. The molecule has 2 aromatic rings. The molecular formula is C18H18FNO2. The first kappa shape index (κ1) is 14.9. The molecule has 1 saturated heterocycles. The number of hydroxylamine groups is 2.